The molecule has 2 saturated carbocycles. The smallest absolute Gasteiger partial charge is 0.237 e. The lowest BCUT2D eigenvalue weighted by atomic mass is 9.80. The van der Waals surface area contributed by atoms with Gasteiger partial charge in [0, 0.05) is 16.5 Å². The van der Waals surface area contributed by atoms with Crippen LogP contribution in [0.15, 0.2) is 0 Å². The van der Waals surface area contributed by atoms with Gasteiger partial charge in [-0.25, -0.2) is 0 Å². The summed E-state index contributed by atoms with van der Waals surface area (Å²) in [5, 5.41) is 4.87. The van der Waals surface area contributed by atoms with Gasteiger partial charge in [-0.3, -0.25) is 4.79 Å². The molecule has 1 amide bonds. The maximum atomic E-state index is 12.1. The van der Waals surface area contributed by atoms with E-state index in [0.29, 0.717) is 11.3 Å². The molecular formula is C17H32N2OS. The van der Waals surface area contributed by atoms with Crippen LogP contribution < -0.4 is 11.1 Å². The summed E-state index contributed by atoms with van der Waals surface area (Å²) in [6.45, 7) is 6.58. The summed E-state index contributed by atoms with van der Waals surface area (Å²) in [6, 6.07) is 0.302. The van der Waals surface area contributed by atoms with Crippen LogP contribution in [0.3, 0.4) is 0 Å². The van der Waals surface area contributed by atoms with Crippen molar-refractivity contribution in [3.63, 3.8) is 0 Å². The lowest BCUT2D eigenvalue weighted by molar-refractivity contribution is -0.126. The zero-order valence-electron chi connectivity index (χ0n) is 13.9. The predicted molar refractivity (Wildman–Crippen MR) is 91.5 cm³/mol. The third-order valence-corrected chi connectivity index (χ3v) is 6.62. The summed E-state index contributed by atoms with van der Waals surface area (Å²) < 4.78 is 0. The van der Waals surface area contributed by atoms with Gasteiger partial charge in [-0.05, 0) is 58.3 Å². The van der Waals surface area contributed by atoms with Gasteiger partial charge in [0.15, 0.2) is 0 Å². The summed E-state index contributed by atoms with van der Waals surface area (Å²) in [4.78, 5) is 12.1. The van der Waals surface area contributed by atoms with E-state index in [9.17, 15) is 4.79 Å². The molecule has 0 aromatic heterocycles. The number of hydrogen-bond acceptors (Lipinski definition) is 3. The second-order valence-corrected chi connectivity index (χ2v) is 9.10. The van der Waals surface area contributed by atoms with E-state index in [0.717, 1.165) is 30.4 Å². The molecule has 4 unspecified atom stereocenters. The molecule has 0 radical (unpaired) electrons. The highest BCUT2D eigenvalue weighted by atomic mass is 32.2. The molecule has 0 bridgehead atoms. The molecule has 2 fully saturated rings. The molecule has 0 heterocycles. The number of primary amides is 1. The normalized spacial score (nSPS) is 37.6. The van der Waals surface area contributed by atoms with Gasteiger partial charge < -0.3 is 11.1 Å². The number of carbonyl (C=O) groups is 1. The van der Waals surface area contributed by atoms with E-state index in [-0.39, 0.29) is 5.91 Å². The first-order valence-electron chi connectivity index (χ1n) is 8.64. The quantitative estimate of drug-likeness (QED) is 0.817. The summed E-state index contributed by atoms with van der Waals surface area (Å²) in [7, 11) is 0. The lowest BCUT2D eigenvalue weighted by Crippen LogP contribution is -2.60. The minimum absolute atomic E-state index is 0.154. The average Bonchev–Trinajstić information content (AvgIpc) is 2.38. The van der Waals surface area contributed by atoms with Gasteiger partial charge in [-0.2, -0.15) is 11.8 Å². The number of hydrogen-bond donors (Lipinski definition) is 2. The highest BCUT2D eigenvalue weighted by Gasteiger charge is 2.42. The van der Waals surface area contributed by atoms with Crippen LogP contribution >= 0.6 is 11.8 Å². The van der Waals surface area contributed by atoms with Crippen LogP contribution in [0, 0.1) is 5.92 Å². The Kier molecular flexibility index (Phi) is 6.01. The highest BCUT2D eigenvalue weighted by Crippen LogP contribution is 2.41. The molecule has 0 aromatic carbocycles. The molecule has 21 heavy (non-hydrogen) atoms. The third-order valence-electron chi connectivity index (χ3n) is 5.02. The van der Waals surface area contributed by atoms with Crippen molar-refractivity contribution in [3.05, 3.63) is 0 Å². The first-order chi connectivity index (χ1) is 9.91. The van der Waals surface area contributed by atoms with Crippen molar-refractivity contribution in [1.82, 2.24) is 5.32 Å². The average molecular weight is 313 g/mol. The van der Waals surface area contributed by atoms with Gasteiger partial charge in [-0.1, -0.05) is 19.8 Å². The number of rotatable bonds is 5. The second kappa shape index (κ2) is 7.36. The third kappa shape index (κ3) is 4.62. The fourth-order valence-electron chi connectivity index (χ4n) is 4.09. The number of nitrogens with one attached hydrogen (secondary N) is 1. The van der Waals surface area contributed by atoms with E-state index in [2.05, 4.69) is 37.8 Å². The van der Waals surface area contributed by atoms with Gasteiger partial charge >= 0.3 is 0 Å². The van der Waals surface area contributed by atoms with E-state index in [1.165, 1.54) is 32.1 Å². The molecule has 0 aromatic rings. The highest BCUT2D eigenvalue weighted by molar-refractivity contribution is 8.00. The Morgan fingerprint density at radius 2 is 1.95 bits per heavy atom. The van der Waals surface area contributed by atoms with Gasteiger partial charge in [0.25, 0.3) is 0 Å². The Morgan fingerprint density at radius 1 is 1.24 bits per heavy atom. The molecule has 2 aliphatic carbocycles. The Bertz CT molecular complexity index is 361. The zero-order chi connectivity index (χ0) is 15.5. The summed E-state index contributed by atoms with van der Waals surface area (Å²) in [5.41, 5.74) is 5.29. The largest absolute Gasteiger partial charge is 0.368 e. The van der Waals surface area contributed by atoms with Crippen LogP contribution in [-0.4, -0.2) is 28.0 Å². The van der Waals surface area contributed by atoms with Crippen LogP contribution in [0.4, 0.5) is 0 Å². The van der Waals surface area contributed by atoms with Crippen LogP contribution in [0.25, 0.3) is 0 Å². The fourth-order valence-corrected chi connectivity index (χ4v) is 6.06. The summed E-state index contributed by atoms with van der Waals surface area (Å²) in [5.74, 6) is 0.716. The molecule has 0 spiro atoms. The van der Waals surface area contributed by atoms with Crippen molar-refractivity contribution >= 4 is 17.7 Å². The molecule has 2 rings (SSSR count). The van der Waals surface area contributed by atoms with Crippen molar-refractivity contribution in [2.24, 2.45) is 11.7 Å². The molecular weight excluding hydrogens is 280 g/mol. The summed E-state index contributed by atoms with van der Waals surface area (Å²) >= 11 is 2.14. The second-order valence-electron chi connectivity index (χ2n) is 7.49. The Hall–Kier alpha value is -0.220. The maximum absolute atomic E-state index is 12.1. The first kappa shape index (κ1) is 17.1. The predicted octanol–water partition coefficient (Wildman–Crippen LogP) is 3.46. The van der Waals surface area contributed by atoms with Crippen LogP contribution in [0.1, 0.15) is 72.1 Å². The molecule has 122 valence electrons. The van der Waals surface area contributed by atoms with Gasteiger partial charge in [0.05, 0.1) is 5.54 Å². The SMILES string of the molecule is CC1CCCC(SC2CCCC(NC(C)C)(C(N)=O)C2)C1. The van der Waals surface area contributed by atoms with Crippen molar-refractivity contribution in [1.29, 1.82) is 0 Å². The number of thioether (sulfide) groups is 1. The fraction of sp³-hybridized carbons (Fsp3) is 0.941. The molecule has 0 saturated heterocycles. The molecule has 4 heteroatoms. The van der Waals surface area contributed by atoms with Crippen LogP contribution in [0.2, 0.25) is 0 Å². The molecule has 3 nitrogen and oxygen atoms in total. The van der Waals surface area contributed by atoms with E-state index in [1.807, 2.05) is 0 Å². The monoisotopic (exact) mass is 312 g/mol. The summed E-state index contributed by atoms with van der Waals surface area (Å²) in [6.07, 6.45) is 9.63. The molecule has 4 atom stereocenters. The van der Waals surface area contributed by atoms with Crippen molar-refractivity contribution in [2.45, 2.75) is 94.2 Å². The molecule has 3 N–H and O–H groups in total. The van der Waals surface area contributed by atoms with Gasteiger partial charge in [0.1, 0.15) is 0 Å². The first-order valence-corrected chi connectivity index (χ1v) is 9.58. The lowest BCUT2D eigenvalue weighted by Gasteiger charge is -2.41. The topological polar surface area (TPSA) is 55.1 Å². The number of amides is 1. The minimum Gasteiger partial charge on any atom is -0.368 e. The van der Waals surface area contributed by atoms with Gasteiger partial charge in [-0.15, -0.1) is 0 Å². The Labute approximate surface area is 134 Å². The Balaban J connectivity index is 1.96. The van der Waals surface area contributed by atoms with E-state index < -0.39 is 5.54 Å². The van der Waals surface area contributed by atoms with Crippen molar-refractivity contribution < 1.29 is 4.79 Å². The molecule has 0 aliphatic heterocycles. The zero-order valence-corrected chi connectivity index (χ0v) is 14.7. The standard InChI is InChI=1S/C17H32N2OS/c1-12(2)19-17(16(18)20)9-5-8-15(11-17)21-14-7-4-6-13(3)10-14/h12-15,19H,4-11H2,1-3H3,(H2,18,20). The van der Waals surface area contributed by atoms with Gasteiger partial charge in [0.2, 0.25) is 5.91 Å². The Morgan fingerprint density at radius 3 is 2.57 bits per heavy atom. The van der Waals surface area contributed by atoms with Crippen LogP contribution in [0.5, 0.6) is 0 Å². The minimum atomic E-state index is -0.468. The van der Waals surface area contributed by atoms with E-state index in [4.69, 9.17) is 5.73 Å². The maximum Gasteiger partial charge on any atom is 0.237 e. The number of carbonyl (C=O) groups excluding carboxylic acids is 1. The van der Waals surface area contributed by atoms with E-state index in [1.54, 1.807) is 0 Å². The molecule has 2 aliphatic rings. The van der Waals surface area contributed by atoms with Crippen molar-refractivity contribution in [3.8, 4) is 0 Å². The van der Waals surface area contributed by atoms with Crippen LogP contribution in [-0.2, 0) is 4.79 Å². The van der Waals surface area contributed by atoms with Crippen molar-refractivity contribution in [2.75, 3.05) is 0 Å². The van der Waals surface area contributed by atoms with E-state index >= 15 is 0 Å². The number of nitrogens with two attached hydrogens (primary N) is 1.